The summed E-state index contributed by atoms with van der Waals surface area (Å²) < 4.78 is 24.9. The van der Waals surface area contributed by atoms with Crippen molar-refractivity contribution in [1.82, 2.24) is 4.57 Å². The number of carbonyl (C=O) groups excluding carboxylic acids is 1. The molecular formula is C22H22N2O5S. The number of carbonyl (C=O) groups is 1. The number of amides is 1. The number of benzene rings is 2. The molecule has 2 aromatic carbocycles. The van der Waals surface area contributed by atoms with E-state index in [1.165, 1.54) is 17.4 Å². The van der Waals surface area contributed by atoms with Crippen molar-refractivity contribution in [2.45, 2.75) is 13.5 Å². The van der Waals surface area contributed by atoms with Crippen LogP contribution in [0.5, 0.6) is 23.0 Å². The van der Waals surface area contributed by atoms with Gasteiger partial charge in [0, 0.05) is 24.8 Å². The second kappa shape index (κ2) is 8.62. The minimum absolute atomic E-state index is 0.337. The maximum absolute atomic E-state index is 12.5. The molecule has 0 spiro atoms. The Morgan fingerprint density at radius 3 is 2.57 bits per heavy atom. The van der Waals surface area contributed by atoms with Crippen molar-refractivity contribution < 1.29 is 23.7 Å². The van der Waals surface area contributed by atoms with Crippen LogP contribution in [0.2, 0.25) is 0 Å². The van der Waals surface area contributed by atoms with Crippen molar-refractivity contribution in [3.05, 3.63) is 46.8 Å². The molecule has 30 heavy (non-hydrogen) atoms. The summed E-state index contributed by atoms with van der Waals surface area (Å²) in [6.45, 7) is 3.77. The van der Waals surface area contributed by atoms with Gasteiger partial charge < -0.3 is 23.5 Å². The fourth-order valence-corrected chi connectivity index (χ4v) is 4.36. The number of rotatable bonds is 5. The van der Waals surface area contributed by atoms with Crippen molar-refractivity contribution >= 4 is 33.5 Å². The summed E-state index contributed by atoms with van der Waals surface area (Å²) in [5, 5.41) is 0. The van der Waals surface area contributed by atoms with Gasteiger partial charge in [-0.3, -0.25) is 4.79 Å². The SMILES string of the molecule is CCn1c(=NC(=O)/C=C\c2ccc(OC)c(OC)c2)sc2cc3c(cc21)OCCO3. The van der Waals surface area contributed by atoms with Crippen LogP contribution in [0.3, 0.4) is 0 Å². The highest BCUT2D eigenvalue weighted by Gasteiger charge is 2.16. The third kappa shape index (κ3) is 3.91. The smallest absolute Gasteiger partial charge is 0.272 e. The molecule has 0 unspecified atom stereocenters. The van der Waals surface area contributed by atoms with Crippen molar-refractivity contribution in [1.29, 1.82) is 0 Å². The predicted octanol–water partition coefficient (Wildman–Crippen LogP) is 3.65. The van der Waals surface area contributed by atoms with Crippen molar-refractivity contribution in [2.24, 2.45) is 4.99 Å². The zero-order valence-electron chi connectivity index (χ0n) is 17.0. The van der Waals surface area contributed by atoms with Gasteiger partial charge in [0.15, 0.2) is 27.8 Å². The van der Waals surface area contributed by atoms with Crippen LogP contribution in [0.1, 0.15) is 12.5 Å². The Hall–Kier alpha value is -3.26. The van der Waals surface area contributed by atoms with Crippen LogP contribution >= 0.6 is 11.3 Å². The molecule has 4 rings (SSSR count). The molecule has 1 aromatic heterocycles. The number of thiazole rings is 1. The zero-order chi connectivity index (χ0) is 21.1. The van der Waals surface area contributed by atoms with Crippen molar-refractivity contribution in [3.8, 4) is 23.0 Å². The van der Waals surface area contributed by atoms with Crippen LogP contribution in [0.25, 0.3) is 16.3 Å². The third-order valence-electron chi connectivity index (χ3n) is 4.69. The highest BCUT2D eigenvalue weighted by atomic mass is 32.1. The molecule has 0 bridgehead atoms. The number of nitrogens with zero attached hydrogens (tertiary/aromatic N) is 2. The standard InChI is InChI=1S/C22H22N2O5S/c1-4-24-15-12-18-19(29-10-9-28-18)13-20(15)30-22(24)23-21(25)8-6-14-5-7-16(26-2)17(11-14)27-3/h5-8,11-13H,4,9-10H2,1-3H3/b8-6-,23-22?. The van der Waals surface area contributed by atoms with Crippen LogP contribution in [0, 0.1) is 0 Å². The first-order valence-corrected chi connectivity index (χ1v) is 10.4. The topological polar surface area (TPSA) is 71.3 Å². The molecule has 3 aromatic rings. The molecule has 0 saturated carbocycles. The number of fused-ring (bicyclic) bond motifs is 2. The largest absolute Gasteiger partial charge is 0.493 e. The molecule has 0 fully saturated rings. The molecule has 0 radical (unpaired) electrons. The Morgan fingerprint density at radius 1 is 1.13 bits per heavy atom. The fourth-order valence-electron chi connectivity index (χ4n) is 3.25. The molecule has 2 heterocycles. The Balaban J connectivity index is 1.65. The highest BCUT2D eigenvalue weighted by Crippen LogP contribution is 2.35. The van der Waals surface area contributed by atoms with Gasteiger partial charge in [0.1, 0.15) is 13.2 Å². The lowest BCUT2D eigenvalue weighted by Crippen LogP contribution is -2.16. The second-order valence-corrected chi connectivity index (χ2v) is 7.50. The van der Waals surface area contributed by atoms with E-state index in [2.05, 4.69) is 4.99 Å². The summed E-state index contributed by atoms with van der Waals surface area (Å²) >= 11 is 1.45. The van der Waals surface area contributed by atoms with Crippen molar-refractivity contribution in [3.63, 3.8) is 0 Å². The summed E-state index contributed by atoms with van der Waals surface area (Å²) in [6, 6.07) is 9.35. The summed E-state index contributed by atoms with van der Waals surface area (Å²) in [4.78, 5) is 17.4. The first kappa shape index (κ1) is 20.0. The number of hydrogen-bond donors (Lipinski definition) is 0. The number of methoxy groups -OCH3 is 2. The molecule has 0 atom stereocenters. The van der Waals surface area contributed by atoms with E-state index >= 15 is 0 Å². The highest BCUT2D eigenvalue weighted by molar-refractivity contribution is 7.16. The Kier molecular flexibility index (Phi) is 5.76. The molecule has 7 nitrogen and oxygen atoms in total. The van der Waals surface area contributed by atoms with E-state index in [0.29, 0.717) is 36.1 Å². The first-order valence-electron chi connectivity index (χ1n) is 9.54. The summed E-state index contributed by atoms with van der Waals surface area (Å²) in [5.41, 5.74) is 1.79. The lowest BCUT2D eigenvalue weighted by molar-refractivity contribution is -0.113. The van der Waals surface area contributed by atoms with Gasteiger partial charge in [0.05, 0.1) is 24.4 Å². The molecule has 1 aliphatic heterocycles. The quantitative estimate of drug-likeness (QED) is 0.583. The molecule has 1 aliphatic rings. The monoisotopic (exact) mass is 426 g/mol. The lowest BCUT2D eigenvalue weighted by Gasteiger charge is -2.18. The van der Waals surface area contributed by atoms with Gasteiger partial charge in [0.25, 0.3) is 5.91 Å². The maximum atomic E-state index is 12.5. The van der Waals surface area contributed by atoms with Crippen LogP contribution in [-0.2, 0) is 11.3 Å². The normalized spacial score (nSPS) is 13.8. The zero-order valence-corrected chi connectivity index (χ0v) is 17.8. The van der Waals surface area contributed by atoms with Gasteiger partial charge in [-0.15, -0.1) is 0 Å². The van der Waals surface area contributed by atoms with Gasteiger partial charge in [-0.2, -0.15) is 4.99 Å². The Morgan fingerprint density at radius 2 is 1.87 bits per heavy atom. The van der Waals surface area contributed by atoms with E-state index < -0.39 is 0 Å². The number of aromatic nitrogens is 1. The average Bonchev–Trinajstić information content (AvgIpc) is 3.11. The maximum Gasteiger partial charge on any atom is 0.272 e. The van der Waals surface area contributed by atoms with Crippen LogP contribution in [0.4, 0.5) is 0 Å². The van der Waals surface area contributed by atoms with E-state index in [-0.39, 0.29) is 5.91 Å². The Labute approximate surface area is 177 Å². The summed E-state index contributed by atoms with van der Waals surface area (Å²) in [5.74, 6) is 2.35. The molecule has 8 heteroatoms. The molecule has 0 saturated heterocycles. The van der Waals surface area contributed by atoms with Gasteiger partial charge in [-0.25, -0.2) is 0 Å². The Bertz CT molecular complexity index is 1190. The second-order valence-electron chi connectivity index (χ2n) is 6.49. The fraction of sp³-hybridized carbons (Fsp3) is 0.273. The van der Waals surface area contributed by atoms with E-state index in [4.69, 9.17) is 18.9 Å². The van der Waals surface area contributed by atoms with Gasteiger partial charge >= 0.3 is 0 Å². The van der Waals surface area contributed by atoms with E-state index in [1.54, 1.807) is 32.4 Å². The van der Waals surface area contributed by atoms with Gasteiger partial charge in [-0.1, -0.05) is 17.4 Å². The minimum atomic E-state index is -0.337. The summed E-state index contributed by atoms with van der Waals surface area (Å²) in [6.07, 6.45) is 3.15. The van der Waals surface area contributed by atoms with Crippen molar-refractivity contribution in [2.75, 3.05) is 27.4 Å². The van der Waals surface area contributed by atoms with Crippen LogP contribution in [0.15, 0.2) is 41.4 Å². The van der Waals surface area contributed by atoms with Gasteiger partial charge in [0.2, 0.25) is 0 Å². The average molecular weight is 426 g/mol. The molecule has 1 amide bonds. The predicted molar refractivity (Wildman–Crippen MR) is 116 cm³/mol. The molecule has 0 aliphatic carbocycles. The van der Waals surface area contributed by atoms with E-state index in [1.807, 2.05) is 29.7 Å². The first-order chi connectivity index (χ1) is 14.6. The van der Waals surface area contributed by atoms with E-state index in [0.717, 1.165) is 27.3 Å². The molecule has 0 N–H and O–H groups in total. The van der Waals surface area contributed by atoms with E-state index in [9.17, 15) is 4.79 Å². The number of aryl methyl sites for hydroxylation is 1. The molecule has 156 valence electrons. The number of ether oxygens (including phenoxy) is 4. The van der Waals surface area contributed by atoms with Crippen LogP contribution in [-0.4, -0.2) is 37.9 Å². The minimum Gasteiger partial charge on any atom is -0.493 e. The van der Waals surface area contributed by atoms with Gasteiger partial charge in [-0.05, 0) is 30.7 Å². The lowest BCUT2D eigenvalue weighted by atomic mass is 10.2. The van der Waals surface area contributed by atoms with Crippen LogP contribution < -0.4 is 23.7 Å². The third-order valence-corrected chi connectivity index (χ3v) is 5.74. The number of hydrogen-bond acceptors (Lipinski definition) is 6. The molecular weight excluding hydrogens is 404 g/mol. The summed E-state index contributed by atoms with van der Waals surface area (Å²) in [7, 11) is 3.16.